The Balaban J connectivity index is 1.79. The Labute approximate surface area is 207 Å². The van der Waals surface area contributed by atoms with Crippen LogP contribution in [-0.2, 0) is 14.4 Å². The molecule has 1 aliphatic rings. The summed E-state index contributed by atoms with van der Waals surface area (Å²) in [6.07, 6.45) is 1.51. The van der Waals surface area contributed by atoms with Gasteiger partial charge in [-0.05, 0) is 43.2 Å². The number of nitrogens with one attached hydrogen (secondary N) is 4. The smallest absolute Gasteiger partial charge is 0.268 e. The lowest BCUT2D eigenvalue weighted by molar-refractivity contribution is -0.133. The van der Waals surface area contributed by atoms with Gasteiger partial charge in [0.15, 0.2) is 5.78 Å². The van der Waals surface area contributed by atoms with Crippen LogP contribution in [0.15, 0.2) is 18.2 Å². The summed E-state index contributed by atoms with van der Waals surface area (Å²) in [5.74, 6) is -4.37. The SMILES string of the molecule is CC(C)(C)CC(NC(=O)c1cc2cc(F)cc(F)c2[nH]1)C(=O)NC(C[C@@H]1CCCNC1=O)C(=O)CO. The molecule has 0 saturated carbocycles. The summed E-state index contributed by atoms with van der Waals surface area (Å²) in [6.45, 7) is 5.33. The lowest BCUT2D eigenvalue weighted by atomic mass is 9.87. The van der Waals surface area contributed by atoms with Gasteiger partial charge in [0.2, 0.25) is 11.8 Å². The van der Waals surface area contributed by atoms with Crippen molar-refractivity contribution < 1.29 is 33.1 Å². The van der Waals surface area contributed by atoms with E-state index in [-0.39, 0.29) is 35.3 Å². The number of piperidine rings is 1. The molecule has 196 valence electrons. The van der Waals surface area contributed by atoms with E-state index in [1.807, 2.05) is 20.8 Å². The minimum atomic E-state index is -1.11. The van der Waals surface area contributed by atoms with Gasteiger partial charge in [0, 0.05) is 23.9 Å². The Morgan fingerprint density at radius 3 is 2.50 bits per heavy atom. The number of carbonyl (C=O) groups excluding carboxylic acids is 4. The van der Waals surface area contributed by atoms with E-state index in [1.54, 1.807) is 0 Å². The Hall–Kier alpha value is -3.34. The van der Waals surface area contributed by atoms with Crippen molar-refractivity contribution in [1.29, 1.82) is 0 Å². The zero-order valence-corrected chi connectivity index (χ0v) is 20.5. The molecule has 0 spiro atoms. The lowest BCUT2D eigenvalue weighted by Gasteiger charge is -2.29. The molecule has 9 nitrogen and oxygen atoms in total. The molecule has 36 heavy (non-hydrogen) atoms. The number of rotatable bonds is 9. The molecule has 0 radical (unpaired) electrons. The van der Waals surface area contributed by atoms with Crippen molar-refractivity contribution in [3.8, 4) is 0 Å². The average Bonchev–Trinajstić information content (AvgIpc) is 3.22. The molecular formula is C25H32F2N4O5. The van der Waals surface area contributed by atoms with Crippen molar-refractivity contribution in [2.24, 2.45) is 11.3 Å². The quantitative estimate of drug-likeness (QED) is 0.354. The van der Waals surface area contributed by atoms with Gasteiger partial charge in [0.25, 0.3) is 5.91 Å². The van der Waals surface area contributed by atoms with E-state index >= 15 is 0 Å². The minimum absolute atomic E-state index is 0.0278. The van der Waals surface area contributed by atoms with Gasteiger partial charge < -0.3 is 26.0 Å². The first-order chi connectivity index (χ1) is 16.9. The number of aliphatic hydroxyl groups is 1. The summed E-state index contributed by atoms with van der Waals surface area (Å²) in [4.78, 5) is 53.3. The fourth-order valence-corrected chi connectivity index (χ4v) is 4.34. The Morgan fingerprint density at radius 2 is 1.86 bits per heavy atom. The number of H-pyrrole nitrogens is 1. The van der Waals surface area contributed by atoms with Crippen LogP contribution in [0.4, 0.5) is 8.78 Å². The second-order valence-corrected chi connectivity index (χ2v) is 10.4. The van der Waals surface area contributed by atoms with Crippen LogP contribution in [0.25, 0.3) is 10.9 Å². The first-order valence-corrected chi connectivity index (χ1v) is 11.9. The van der Waals surface area contributed by atoms with Gasteiger partial charge in [0.1, 0.15) is 30.0 Å². The van der Waals surface area contributed by atoms with Crippen molar-refractivity contribution in [3.05, 3.63) is 35.5 Å². The van der Waals surface area contributed by atoms with E-state index in [1.165, 1.54) is 6.07 Å². The summed E-state index contributed by atoms with van der Waals surface area (Å²) in [5.41, 5.74) is -0.522. The second kappa shape index (κ2) is 11.2. The molecule has 1 fully saturated rings. The number of hydrogen-bond donors (Lipinski definition) is 5. The van der Waals surface area contributed by atoms with Gasteiger partial charge in [-0.1, -0.05) is 20.8 Å². The van der Waals surface area contributed by atoms with Crippen molar-refractivity contribution in [2.45, 2.75) is 58.5 Å². The van der Waals surface area contributed by atoms with E-state index < -0.39 is 59.3 Å². The number of amides is 3. The van der Waals surface area contributed by atoms with Crippen LogP contribution < -0.4 is 16.0 Å². The molecule has 1 aromatic carbocycles. The maximum atomic E-state index is 14.1. The maximum Gasteiger partial charge on any atom is 0.268 e. The molecule has 1 saturated heterocycles. The Bertz CT molecular complexity index is 1160. The van der Waals surface area contributed by atoms with Gasteiger partial charge in [-0.15, -0.1) is 0 Å². The van der Waals surface area contributed by atoms with Crippen LogP contribution in [0, 0.1) is 23.0 Å². The van der Waals surface area contributed by atoms with Gasteiger partial charge in [-0.3, -0.25) is 19.2 Å². The number of aromatic nitrogens is 1. The van der Waals surface area contributed by atoms with Crippen molar-refractivity contribution in [2.75, 3.05) is 13.2 Å². The molecule has 2 unspecified atom stereocenters. The second-order valence-electron chi connectivity index (χ2n) is 10.4. The predicted octanol–water partition coefficient (Wildman–Crippen LogP) is 1.94. The molecule has 2 heterocycles. The van der Waals surface area contributed by atoms with Gasteiger partial charge in [-0.2, -0.15) is 0 Å². The number of benzene rings is 1. The van der Waals surface area contributed by atoms with Crippen molar-refractivity contribution in [3.63, 3.8) is 0 Å². The molecule has 1 aromatic heterocycles. The first-order valence-electron chi connectivity index (χ1n) is 11.9. The number of ketones is 1. The summed E-state index contributed by atoms with van der Waals surface area (Å²) in [5, 5.41) is 17.5. The summed E-state index contributed by atoms with van der Waals surface area (Å²) < 4.78 is 27.6. The molecule has 11 heteroatoms. The predicted molar refractivity (Wildman–Crippen MR) is 128 cm³/mol. The zero-order valence-electron chi connectivity index (χ0n) is 20.5. The number of carbonyl (C=O) groups is 4. The van der Waals surface area contributed by atoms with Crippen LogP contribution in [0.1, 0.15) is 56.9 Å². The van der Waals surface area contributed by atoms with Gasteiger partial charge >= 0.3 is 0 Å². The largest absolute Gasteiger partial charge is 0.389 e. The van der Waals surface area contributed by atoms with Gasteiger partial charge in [0.05, 0.1) is 11.6 Å². The van der Waals surface area contributed by atoms with E-state index in [9.17, 15) is 33.1 Å². The lowest BCUT2D eigenvalue weighted by Crippen LogP contribution is -2.54. The standard InChI is InChI=1S/C25H32F2N4O5/c1-25(2,3)11-19(31-23(35)18-9-14-7-15(26)10-16(27)21(14)29-18)24(36)30-17(20(33)12-32)8-13-5-4-6-28-22(13)34/h7,9-10,13,17,19,29,32H,4-6,8,11-12H2,1-3H3,(H,28,34)(H,30,36)(H,31,35)/t13-,17?,19?/m0/s1. The third kappa shape index (κ3) is 6.87. The average molecular weight is 507 g/mol. The number of Topliss-reactive ketones (excluding diaryl/α,β-unsaturated/α-hetero) is 1. The zero-order chi connectivity index (χ0) is 26.6. The third-order valence-corrected chi connectivity index (χ3v) is 6.11. The Morgan fingerprint density at radius 1 is 1.14 bits per heavy atom. The van der Waals surface area contributed by atoms with Crippen molar-refractivity contribution in [1.82, 2.24) is 20.9 Å². The molecule has 3 amide bonds. The molecule has 2 aromatic rings. The summed E-state index contributed by atoms with van der Waals surface area (Å²) in [6, 6.07) is 0.863. The number of aromatic amines is 1. The number of halogens is 2. The normalized spacial score (nSPS) is 17.8. The first kappa shape index (κ1) is 27.3. The van der Waals surface area contributed by atoms with E-state index in [2.05, 4.69) is 20.9 Å². The third-order valence-electron chi connectivity index (χ3n) is 6.11. The summed E-state index contributed by atoms with van der Waals surface area (Å²) >= 11 is 0. The highest BCUT2D eigenvalue weighted by Crippen LogP contribution is 2.24. The van der Waals surface area contributed by atoms with E-state index in [0.717, 1.165) is 12.5 Å². The van der Waals surface area contributed by atoms with Crippen LogP contribution in [0.3, 0.4) is 0 Å². The highest BCUT2D eigenvalue weighted by atomic mass is 19.1. The van der Waals surface area contributed by atoms with Crippen LogP contribution in [0.5, 0.6) is 0 Å². The molecule has 1 aliphatic heterocycles. The highest BCUT2D eigenvalue weighted by molar-refractivity contribution is 6.01. The summed E-state index contributed by atoms with van der Waals surface area (Å²) in [7, 11) is 0. The topological polar surface area (TPSA) is 140 Å². The molecule has 3 rings (SSSR count). The molecule has 0 bridgehead atoms. The number of fused-ring (bicyclic) bond motifs is 1. The molecule has 0 aliphatic carbocycles. The molecular weight excluding hydrogens is 474 g/mol. The Kier molecular flexibility index (Phi) is 8.44. The molecule has 5 N–H and O–H groups in total. The minimum Gasteiger partial charge on any atom is -0.389 e. The van der Waals surface area contributed by atoms with Gasteiger partial charge in [-0.25, -0.2) is 8.78 Å². The fraction of sp³-hybridized carbons (Fsp3) is 0.520. The van der Waals surface area contributed by atoms with Crippen LogP contribution in [0.2, 0.25) is 0 Å². The van der Waals surface area contributed by atoms with E-state index in [0.29, 0.717) is 19.0 Å². The van der Waals surface area contributed by atoms with E-state index in [4.69, 9.17) is 0 Å². The number of hydrogen-bond acceptors (Lipinski definition) is 5. The van der Waals surface area contributed by atoms with Crippen LogP contribution in [-0.4, -0.2) is 58.8 Å². The maximum absolute atomic E-state index is 14.1. The van der Waals surface area contributed by atoms with Crippen LogP contribution >= 0.6 is 0 Å². The number of aliphatic hydroxyl groups excluding tert-OH is 1. The monoisotopic (exact) mass is 506 g/mol. The molecule has 3 atom stereocenters. The van der Waals surface area contributed by atoms with Crippen molar-refractivity contribution >= 4 is 34.4 Å². The fourth-order valence-electron chi connectivity index (χ4n) is 4.34. The highest BCUT2D eigenvalue weighted by Gasteiger charge is 2.33.